The predicted octanol–water partition coefficient (Wildman–Crippen LogP) is 2.69. The molecule has 1 atom stereocenters. The van der Waals surface area contributed by atoms with Crippen LogP contribution in [0.25, 0.3) is 10.9 Å². The van der Waals surface area contributed by atoms with Gasteiger partial charge in [-0.2, -0.15) is 0 Å². The van der Waals surface area contributed by atoms with Gasteiger partial charge in [-0.15, -0.1) is 5.10 Å². The Bertz CT molecular complexity index is 1460. The third-order valence-corrected chi connectivity index (χ3v) is 7.41. The second-order valence-electron chi connectivity index (χ2n) is 9.90. The van der Waals surface area contributed by atoms with Crippen LogP contribution in [0.15, 0.2) is 47.3 Å². The molecule has 3 heterocycles. The van der Waals surface area contributed by atoms with Crippen molar-refractivity contribution in [1.82, 2.24) is 35.0 Å². The number of H-pyrrole nitrogens is 1. The van der Waals surface area contributed by atoms with Crippen molar-refractivity contribution in [3.63, 3.8) is 0 Å². The maximum absolute atomic E-state index is 13.5. The van der Waals surface area contributed by atoms with Gasteiger partial charge in [0.1, 0.15) is 11.8 Å². The lowest BCUT2D eigenvalue weighted by atomic mass is 10.00. The first-order valence-corrected chi connectivity index (χ1v) is 13.0. The van der Waals surface area contributed by atoms with Gasteiger partial charge in [0, 0.05) is 50.9 Å². The molecule has 4 aromatic rings. The second-order valence-corrected chi connectivity index (χ2v) is 9.90. The number of ether oxygens (including phenoxy) is 2. The van der Waals surface area contributed by atoms with E-state index in [1.807, 2.05) is 24.3 Å². The van der Waals surface area contributed by atoms with Crippen LogP contribution in [0.4, 0.5) is 0 Å². The second kappa shape index (κ2) is 11.4. The minimum absolute atomic E-state index is 0.120. The Morgan fingerprint density at radius 1 is 1.03 bits per heavy atom. The fraction of sp³-hybridized carbons (Fsp3) is 0.429. The van der Waals surface area contributed by atoms with Gasteiger partial charge >= 0.3 is 0 Å². The molecule has 5 rings (SSSR count). The van der Waals surface area contributed by atoms with Gasteiger partial charge in [-0.3, -0.25) is 14.6 Å². The van der Waals surface area contributed by atoms with Crippen molar-refractivity contribution in [2.75, 3.05) is 47.0 Å². The number of aromatic amines is 1. The number of aromatic nitrogens is 5. The van der Waals surface area contributed by atoms with Crippen molar-refractivity contribution in [2.45, 2.75) is 33.0 Å². The summed E-state index contributed by atoms with van der Waals surface area (Å²) < 4.78 is 12.4. The Morgan fingerprint density at radius 3 is 2.58 bits per heavy atom. The fourth-order valence-corrected chi connectivity index (χ4v) is 5.15. The van der Waals surface area contributed by atoms with E-state index in [2.05, 4.69) is 62.4 Å². The number of hydrogen-bond donors (Lipinski definition) is 1. The standard InChI is InChI=1S/C28H35N7O3/c1-19-14-22-17-24(28(36)29-25(22)15-20(19)2)26(27-30-31-32-35(27)12-13-37-3)34-10-8-33(9-11-34)18-21-6-5-7-23(16-21)38-4/h5-7,14-17,26H,8-13,18H2,1-4H3,(H,29,36). The number of aryl methyl sites for hydroxylation is 2. The van der Waals surface area contributed by atoms with Crippen LogP contribution in [0.3, 0.4) is 0 Å². The van der Waals surface area contributed by atoms with Crippen molar-refractivity contribution < 1.29 is 9.47 Å². The molecule has 1 aliphatic heterocycles. The minimum Gasteiger partial charge on any atom is -0.497 e. The van der Waals surface area contributed by atoms with Crippen LogP contribution in [0.5, 0.6) is 5.75 Å². The number of piperazine rings is 1. The molecule has 1 unspecified atom stereocenters. The summed E-state index contributed by atoms with van der Waals surface area (Å²) in [6, 6.07) is 14.0. The molecule has 0 aliphatic carbocycles. The Morgan fingerprint density at radius 2 is 1.82 bits per heavy atom. The number of pyridine rings is 1. The van der Waals surface area contributed by atoms with Crippen LogP contribution in [-0.4, -0.2) is 82.0 Å². The Hall–Kier alpha value is -3.60. The van der Waals surface area contributed by atoms with Crippen LogP contribution in [0, 0.1) is 13.8 Å². The molecular weight excluding hydrogens is 482 g/mol. The highest BCUT2D eigenvalue weighted by Gasteiger charge is 2.32. The number of methoxy groups -OCH3 is 2. The molecule has 1 fully saturated rings. The molecule has 2 aromatic carbocycles. The van der Waals surface area contributed by atoms with Gasteiger partial charge in [-0.25, -0.2) is 4.68 Å². The highest BCUT2D eigenvalue weighted by atomic mass is 16.5. The van der Waals surface area contributed by atoms with Crippen molar-refractivity contribution in [3.8, 4) is 5.75 Å². The lowest BCUT2D eigenvalue weighted by Crippen LogP contribution is -2.48. The van der Waals surface area contributed by atoms with Gasteiger partial charge < -0.3 is 14.5 Å². The lowest BCUT2D eigenvalue weighted by Gasteiger charge is -2.38. The number of nitrogens with one attached hydrogen (secondary N) is 1. The third kappa shape index (κ3) is 5.47. The van der Waals surface area contributed by atoms with E-state index < -0.39 is 0 Å². The van der Waals surface area contributed by atoms with E-state index in [-0.39, 0.29) is 11.6 Å². The summed E-state index contributed by atoms with van der Waals surface area (Å²) >= 11 is 0. The molecule has 0 bridgehead atoms. The number of tetrazole rings is 1. The van der Waals surface area contributed by atoms with E-state index in [0.717, 1.165) is 54.9 Å². The molecule has 2 aromatic heterocycles. The van der Waals surface area contributed by atoms with Crippen molar-refractivity contribution in [3.05, 3.63) is 80.9 Å². The molecular formula is C28H35N7O3. The van der Waals surface area contributed by atoms with E-state index in [4.69, 9.17) is 9.47 Å². The quantitative estimate of drug-likeness (QED) is 0.362. The average Bonchev–Trinajstić information content (AvgIpc) is 3.38. The monoisotopic (exact) mass is 517 g/mol. The van der Waals surface area contributed by atoms with E-state index in [1.165, 1.54) is 11.1 Å². The molecule has 10 heteroatoms. The molecule has 10 nitrogen and oxygen atoms in total. The molecule has 1 aliphatic rings. The molecule has 200 valence electrons. The number of benzene rings is 2. The number of nitrogens with zero attached hydrogens (tertiary/aromatic N) is 6. The van der Waals surface area contributed by atoms with Crippen molar-refractivity contribution in [2.24, 2.45) is 0 Å². The summed E-state index contributed by atoms with van der Waals surface area (Å²) in [6.45, 7) is 9.24. The van der Waals surface area contributed by atoms with E-state index in [9.17, 15) is 4.79 Å². The normalized spacial score (nSPS) is 15.7. The Labute approximate surface area is 222 Å². The van der Waals surface area contributed by atoms with Crippen LogP contribution in [-0.2, 0) is 17.8 Å². The zero-order valence-corrected chi connectivity index (χ0v) is 22.5. The molecule has 1 saturated heterocycles. The summed E-state index contributed by atoms with van der Waals surface area (Å²) in [4.78, 5) is 21.3. The van der Waals surface area contributed by atoms with Gasteiger partial charge in [0.15, 0.2) is 5.82 Å². The van der Waals surface area contributed by atoms with E-state index >= 15 is 0 Å². The molecule has 0 saturated carbocycles. The third-order valence-electron chi connectivity index (χ3n) is 7.41. The topological polar surface area (TPSA) is 101 Å². The van der Waals surface area contributed by atoms with Gasteiger partial charge in [-0.1, -0.05) is 12.1 Å². The first-order chi connectivity index (χ1) is 18.5. The largest absolute Gasteiger partial charge is 0.497 e. The highest BCUT2D eigenvalue weighted by molar-refractivity contribution is 5.81. The Balaban J connectivity index is 1.46. The molecule has 0 spiro atoms. The number of hydrogen-bond acceptors (Lipinski definition) is 8. The molecule has 0 amide bonds. The maximum Gasteiger partial charge on any atom is 0.253 e. The van der Waals surface area contributed by atoms with Gasteiger partial charge in [0.25, 0.3) is 5.56 Å². The average molecular weight is 518 g/mol. The summed E-state index contributed by atoms with van der Waals surface area (Å²) in [5.41, 5.74) is 4.91. The lowest BCUT2D eigenvalue weighted by molar-refractivity contribution is 0.0984. The minimum atomic E-state index is -0.379. The first kappa shape index (κ1) is 26.0. The van der Waals surface area contributed by atoms with Gasteiger partial charge in [0.2, 0.25) is 0 Å². The summed E-state index contributed by atoms with van der Waals surface area (Å²) in [5.74, 6) is 1.52. The fourth-order valence-electron chi connectivity index (χ4n) is 5.15. The SMILES string of the molecule is COCCn1nnnc1C(c1cc2cc(C)c(C)cc2[nH]c1=O)N1CCN(Cc2cccc(OC)c2)CC1. The zero-order chi connectivity index (χ0) is 26.6. The van der Waals surface area contributed by atoms with Crippen LogP contribution >= 0.6 is 0 Å². The van der Waals surface area contributed by atoms with Crippen LogP contribution < -0.4 is 10.3 Å². The molecule has 38 heavy (non-hydrogen) atoms. The van der Waals surface area contributed by atoms with Crippen LogP contribution in [0.1, 0.15) is 34.1 Å². The van der Waals surface area contributed by atoms with Crippen molar-refractivity contribution in [1.29, 1.82) is 0 Å². The van der Waals surface area contributed by atoms with E-state index in [0.29, 0.717) is 24.5 Å². The Kier molecular flexibility index (Phi) is 7.82. The van der Waals surface area contributed by atoms with Gasteiger partial charge in [-0.05, 0) is 76.7 Å². The van der Waals surface area contributed by atoms with E-state index in [1.54, 1.807) is 18.9 Å². The highest BCUT2D eigenvalue weighted by Crippen LogP contribution is 2.29. The summed E-state index contributed by atoms with van der Waals surface area (Å²) in [7, 11) is 3.34. The summed E-state index contributed by atoms with van der Waals surface area (Å²) in [6.07, 6.45) is 0. The number of fused-ring (bicyclic) bond motifs is 1. The zero-order valence-electron chi connectivity index (χ0n) is 22.5. The van der Waals surface area contributed by atoms with Crippen LogP contribution in [0.2, 0.25) is 0 Å². The maximum atomic E-state index is 13.5. The smallest absolute Gasteiger partial charge is 0.253 e. The summed E-state index contributed by atoms with van der Waals surface area (Å²) in [5, 5.41) is 13.6. The van der Waals surface area contributed by atoms with Crippen molar-refractivity contribution >= 4 is 10.9 Å². The van der Waals surface area contributed by atoms with Gasteiger partial charge in [0.05, 0.1) is 20.3 Å². The molecule has 0 radical (unpaired) electrons. The first-order valence-electron chi connectivity index (χ1n) is 13.0. The predicted molar refractivity (Wildman–Crippen MR) is 145 cm³/mol. The molecule has 1 N–H and O–H groups in total. The number of rotatable bonds is 9.